The first kappa shape index (κ1) is 18.6. The van der Waals surface area contributed by atoms with Gasteiger partial charge in [0, 0.05) is 30.8 Å². The third kappa shape index (κ3) is 3.05. The van der Waals surface area contributed by atoms with Crippen LogP contribution in [0.4, 0.5) is 5.82 Å². The fraction of sp³-hybridized carbons (Fsp3) is 0.300. The molecule has 0 saturated carbocycles. The molecule has 0 atom stereocenters. The molecular formula is C20H20N2O5. The first-order valence-corrected chi connectivity index (χ1v) is 8.63. The molecule has 7 heteroatoms. The Morgan fingerprint density at radius 2 is 1.89 bits per heavy atom. The van der Waals surface area contributed by atoms with Gasteiger partial charge in [0.15, 0.2) is 17.2 Å². The molecule has 0 unspecified atom stereocenters. The highest BCUT2D eigenvalue weighted by Gasteiger charge is 2.25. The third-order valence-electron chi connectivity index (χ3n) is 4.37. The number of carbonyl (C=O) groups excluding carboxylic acids is 2. The van der Waals surface area contributed by atoms with E-state index in [4.69, 9.17) is 9.15 Å². The molecule has 2 aromatic heterocycles. The van der Waals surface area contributed by atoms with Crippen molar-refractivity contribution in [3.05, 3.63) is 40.4 Å². The van der Waals surface area contributed by atoms with Crippen molar-refractivity contribution < 1.29 is 18.7 Å². The smallest absolute Gasteiger partial charge is 0.348 e. The molecule has 0 fully saturated rings. The summed E-state index contributed by atoms with van der Waals surface area (Å²) in [6.07, 6.45) is 3.13. The molecule has 27 heavy (non-hydrogen) atoms. The van der Waals surface area contributed by atoms with Gasteiger partial charge in [-0.1, -0.05) is 25.5 Å². The summed E-state index contributed by atoms with van der Waals surface area (Å²) in [7, 11) is 1.50. The average Bonchev–Trinajstić information content (AvgIpc) is 2.62. The van der Waals surface area contributed by atoms with E-state index in [0.29, 0.717) is 28.5 Å². The number of methoxy groups -OCH3 is 1. The summed E-state index contributed by atoms with van der Waals surface area (Å²) in [6.45, 7) is 4.52. The lowest BCUT2D eigenvalue weighted by atomic mass is 10.0. The van der Waals surface area contributed by atoms with E-state index in [1.807, 2.05) is 13.0 Å². The molecule has 0 spiro atoms. The Hall–Kier alpha value is -3.22. The molecule has 2 heterocycles. The summed E-state index contributed by atoms with van der Waals surface area (Å²) in [6, 6.07) is 5.32. The van der Waals surface area contributed by atoms with Crippen molar-refractivity contribution in [3.63, 3.8) is 0 Å². The number of aromatic nitrogens is 1. The minimum atomic E-state index is -0.671. The van der Waals surface area contributed by atoms with Gasteiger partial charge in [0.2, 0.25) is 11.8 Å². The van der Waals surface area contributed by atoms with Gasteiger partial charge in [-0.2, -0.15) is 0 Å². The number of nitrogens with zero attached hydrogens (tertiary/aromatic N) is 2. The van der Waals surface area contributed by atoms with Crippen LogP contribution < -0.4 is 15.3 Å². The monoisotopic (exact) mass is 368 g/mol. The topological polar surface area (TPSA) is 89.7 Å². The van der Waals surface area contributed by atoms with Gasteiger partial charge in [0.05, 0.1) is 7.11 Å². The maximum Gasteiger partial charge on any atom is 0.348 e. The van der Waals surface area contributed by atoms with Crippen molar-refractivity contribution >= 4 is 39.4 Å². The maximum atomic E-state index is 12.9. The van der Waals surface area contributed by atoms with Crippen LogP contribution in [0.25, 0.3) is 21.7 Å². The summed E-state index contributed by atoms with van der Waals surface area (Å²) >= 11 is 0. The molecule has 0 aliphatic heterocycles. The number of rotatable bonds is 4. The number of hydrogen-bond acceptors (Lipinski definition) is 6. The van der Waals surface area contributed by atoms with Crippen LogP contribution in [0.3, 0.4) is 0 Å². The third-order valence-corrected chi connectivity index (χ3v) is 4.37. The number of pyridine rings is 1. The number of imide groups is 1. The number of carbonyl (C=O) groups is 2. The molecule has 0 N–H and O–H groups in total. The molecule has 0 saturated heterocycles. The number of amides is 2. The van der Waals surface area contributed by atoms with Gasteiger partial charge in [-0.15, -0.1) is 0 Å². The first-order chi connectivity index (χ1) is 12.9. The van der Waals surface area contributed by atoms with Gasteiger partial charge in [-0.25, -0.2) is 14.7 Å². The number of ether oxygens (including phenoxy) is 1. The SMILES string of the molecule is CCCc1cnc(N(C(C)=O)C(C)=O)c2c(=O)oc3c(OC)cccc3c12. The molecule has 3 aromatic rings. The van der Waals surface area contributed by atoms with Crippen molar-refractivity contribution in [1.82, 2.24) is 4.98 Å². The van der Waals surface area contributed by atoms with Gasteiger partial charge in [0.25, 0.3) is 0 Å². The zero-order valence-corrected chi connectivity index (χ0v) is 15.7. The van der Waals surface area contributed by atoms with Crippen molar-refractivity contribution in [3.8, 4) is 5.75 Å². The van der Waals surface area contributed by atoms with E-state index in [1.54, 1.807) is 18.3 Å². The number of benzene rings is 1. The Bertz CT molecular complexity index is 1100. The highest BCUT2D eigenvalue weighted by Crippen LogP contribution is 2.35. The van der Waals surface area contributed by atoms with Crippen LogP contribution in [-0.2, 0) is 16.0 Å². The highest BCUT2D eigenvalue weighted by molar-refractivity contribution is 6.19. The minimum absolute atomic E-state index is 0.0108. The van der Waals surface area contributed by atoms with Crippen molar-refractivity contribution in [2.24, 2.45) is 0 Å². The molecule has 7 nitrogen and oxygen atoms in total. The van der Waals surface area contributed by atoms with E-state index in [-0.39, 0.29) is 11.2 Å². The zero-order chi connectivity index (χ0) is 19.7. The van der Waals surface area contributed by atoms with Gasteiger partial charge in [0.1, 0.15) is 5.39 Å². The Kier molecular flexibility index (Phi) is 4.94. The van der Waals surface area contributed by atoms with E-state index in [2.05, 4.69) is 4.98 Å². The number of hydrogen-bond donors (Lipinski definition) is 0. The fourth-order valence-corrected chi connectivity index (χ4v) is 3.31. The lowest BCUT2D eigenvalue weighted by molar-refractivity contribution is -0.124. The standard InChI is InChI=1S/C20H20N2O5/c1-5-7-13-10-21-19(22(11(2)23)12(3)24)17-16(13)14-8-6-9-15(26-4)18(14)27-20(17)25/h6,8-10H,5,7H2,1-4H3. The normalized spacial score (nSPS) is 11.0. The molecule has 3 rings (SSSR count). The molecule has 0 bridgehead atoms. The van der Waals surface area contributed by atoms with Crippen molar-refractivity contribution in [2.75, 3.05) is 12.0 Å². The Morgan fingerprint density at radius 3 is 2.48 bits per heavy atom. The predicted molar refractivity (Wildman–Crippen MR) is 102 cm³/mol. The second-order valence-corrected chi connectivity index (χ2v) is 6.21. The van der Waals surface area contributed by atoms with Gasteiger partial charge < -0.3 is 9.15 Å². The molecule has 140 valence electrons. The van der Waals surface area contributed by atoms with Gasteiger partial charge >= 0.3 is 5.63 Å². The van der Waals surface area contributed by atoms with E-state index in [1.165, 1.54) is 21.0 Å². The summed E-state index contributed by atoms with van der Waals surface area (Å²) in [5.74, 6) is -0.625. The summed E-state index contributed by atoms with van der Waals surface area (Å²) in [4.78, 5) is 42.1. The lowest BCUT2D eigenvalue weighted by Crippen LogP contribution is -2.34. The quantitative estimate of drug-likeness (QED) is 0.519. The number of fused-ring (bicyclic) bond motifs is 3. The first-order valence-electron chi connectivity index (χ1n) is 8.63. The Labute approximate surface area is 155 Å². The van der Waals surface area contributed by atoms with Crippen LogP contribution in [0.1, 0.15) is 32.8 Å². The Morgan fingerprint density at radius 1 is 1.19 bits per heavy atom. The van der Waals surface area contributed by atoms with Crippen LogP contribution >= 0.6 is 0 Å². The van der Waals surface area contributed by atoms with E-state index >= 15 is 0 Å². The van der Waals surface area contributed by atoms with E-state index < -0.39 is 17.4 Å². The summed E-state index contributed by atoms with van der Waals surface area (Å²) < 4.78 is 10.8. The summed E-state index contributed by atoms with van der Waals surface area (Å²) in [5, 5.41) is 1.41. The molecule has 2 amide bonds. The maximum absolute atomic E-state index is 12.9. The minimum Gasteiger partial charge on any atom is -0.493 e. The van der Waals surface area contributed by atoms with Gasteiger partial charge in [-0.3, -0.25) is 9.59 Å². The van der Waals surface area contributed by atoms with Crippen LogP contribution in [0.5, 0.6) is 5.75 Å². The van der Waals surface area contributed by atoms with Crippen LogP contribution in [0, 0.1) is 0 Å². The number of aryl methyl sites for hydroxylation is 1. The second-order valence-electron chi connectivity index (χ2n) is 6.21. The summed E-state index contributed by atoms with van der Waals surface area (Å²) in [5.41, 5.74) is 0.494. The largest absolute Gasteiger partial charge is 0.493 e. The lowest BCUT2D eigenvalue weighted by Gasteiger charge is -2.19. The molecule has 0 aliphatic carbocycles. The second kappa shape index (κ2) is 7.19. The highest BCUT2D eigenvalue weighted by atomic mass is 16.5. The molecule has 1 aromatic carbocycles. The predicted octanol–water partition coefficient (Wildman–Crippen LogP) is 3.20. The van der Waals surface area contributed by atoms with Crippen LogP contribution in [0.15, 0.2) is 33.6 Å². The number of anilines is 1. The molecule has 0 radical (unpaired) electrons. The Balaban J connectivity index is 2.55. The van der Waals surface area contributed by atoms with E-state index in [9.17, 15) is 14.4 Å². The number of para-hydroxylation sites is 1. The van der Waals surface area contributed by atoms with Crippen molar-refractivity contribution in [1.29, 1.82) is 0 Å². The van der Waals surface area contributed by atoms with Gasteiger partial charge in [-0.05, 0) is 18.1 Å². The van der Waals surface area contributed by atoms with E-state index in [0.717, 1.165) is 16.9 Å². The van der Waals surface area contributed by atoms with Crippen molar-refractivity contribution in [2.45, 2.75) is 33.6 Å². The van der Waals surface area contributed by atoms with Crippen LogP contribution in [-0.4, -0.2) is 23.9 Å². The molecule has 0 aliphatic rings. The fourth-order valence-electron chi connectivity index (χ4n) is 3.31. The van der Waals surface area contributed by atoms with Crippen LogP contribution in [0.2, 0.25) is 0 Å². The average molecular weight is 368 g/mol. The zero-order valence-electron chi connectivity index (χ0n) is 15.7. The molecular weight excluding hydrogens is 348 g/mol.